The number of furan rings is 1. The molecule has 3 rings (SSSR count). The van der Waals surface area contributed by atoms with Gasteiger partial charge in [0.2, 0.25) is 10.0 Å². The maximum absolute atomic E-state index is 12.8. The number of nitrogens with zero attached hydrogens (tertiary/aromatic N) is 1. The molecule has 118 valence electrons. The predicted molar refractivity (Wildman–Crippen MR) is 82.4 cm³/mol. The molecular weight excluding hydrogens is 319 g/mol. The van der Waals surface area contributed by atoms with Crippen molar-refractivity contribution in [3.63, 3.8) is 0 Å². The van der Waals surface area contributed by atoms with Crippen LogP contribution in [0.5, 0.6) is 0 Å². The minimum absolute atomic E-state index is 0.0130. The summed E-state index contributed by atoms with van der Waals surface area (Å²) in [5.74, 6) is 0.158. The van der Waals surface area contributed by atoms with Gasteiger partial charge in [-0.1, -0.05) is 6.07 Å². The van der Waals surface area contributed by atoms with Gasteiger partial charge in [-0.25, -0.2) is 17.5 Å². The fraction of sp³-hybridized carbons (Fsp3) is 0.0625. The zero-order valence-corrected chi connectivity index (χ0v) is 12.8. The van der Waals surface area contributed by atoms with Crippen molar-refractivity contribution in [2.45, 2.75) is 11.4 Å². The molecule has 0 fully saturated rings. The van der Waals surface area contributed by atoms with Gasteiger partial charge in [-0.3, -0.25) is 4.98 Å². The van der Waals surface area contributed by atoms with E-state index in [-0.39, 0.29) is 11.4 Å². The lowest BCUT2D eigenvalue weighted by atomic mass is 10.2. The van der Waals surface area contributed by atoms with Crippen LogP contribution in [0.25, 0.3) is 11.5 Å². The van der Waals surface area contributed by atoms with Crippen LogP contribution >= 0.6 is 0 Å². The molecule has 2 heterocycles. The first kappa shape index (κ1) is 15.4. The summed E-state index contributed by atoms with van der Waals surface area (Å²) in [5.41, 5.74) is 1.37. The molecule has 2 aromatic heterocycles. The Bertz CT molecular complexity index is 874. The van der Waals surface area contributed by atoms with Crippen molar-refractivity contribution in [1.29, 1.82) is 0 Å². The summed E-state index contributed by atoms with van der Waals surface area (Å²) in [7, 11) is -3.69. The molecule has 0 bridgehead atoms. The zero-order chi connectivity index (χ0) is 16.3. The number of hydrogen-bond acceptors (Lipinski definition) is 4. The van der Waals surface area contributed by atoms with E-state index in [0.29, 0.717) is 17.0 Å². The van der Waals surface area contributed by atoms with Gasteiger partial charge in [-0.15, -0.1) is 0 Å². The lowest BCUT2D eigenvalue weighted by Gasteiger charge is -2.07. The van der Waals surface area contributed by atoms with Crippen molar-refractivity contribution in [3.8, 4) is 11.5 Å². The van der Waals surface area contributed by atoms with Gasteiger partial charge in [0.05, 0.1) is 11.2 Å². The van der Waals surface area contributed by atoms with Crippen LogP contribution in [0.4, 0.5) is 4.39 Å². The monoisotopic (exact) mass is 332 g/mol. The van der Waals surface area contributed by atoms with E-state index in [4.69, 9.17) is 4.42 Å². The predicted octanol–water partition coefficient (Wildman–Crippen LogP) is 2.96. The first-order valence-corrected chi connectivity index (χ1v) is 8.27. The lowest BCUT2D eigenvalue weighted by Crippen LogP contribution is -2.23. The molecule has 3 aromatic rings. The van der Waals surface area contributed by atoms with Crippen molar-refractivity contribution in [3.05, 3.63) is 72.4 Å². The summed E-state index contributed by atoms with van der Waals surface area (Å²) in [6.07, 6.45) is 3.13. The molecule has 1 N–H and O–H groups in total. The molecule has 5 nitrogen and oxygen atoms in total. The van der Waals surface area contributed by atoms with Crippen LogP contribution < -0.4 is 4.72 Å². The molecule has 7 heteroatoms. The van der Waals surface area contributed by atoms with Gasteiger partial charge in [-0.05, 0) is 48.0 Å². The molecule has 0 spiro atoms. The van der Waals surface area contributed by atoms with Crippen molar-refractivity contribution in [2.24, 2.45) is 0 Å². The number of nitrogens with one attached hydrogen (secondary N) is 1. The average molecular weight is 332 g/mol. The average Bonchev–Trinajstić information content (AvgIpc) is 3.08. The SMILES string of the molecule is O=S(=O)(NCc1ccc(-c2ccco2)nc1)c1ccc(F)cc1. The van der Waals surface area contributed by atoms with Crippen LogP contribution in [0.1, 0.15) is 5.56 Å². The summed E-state index contributed by atoms with van der Waals surface area (Å²) in [5, 5.41) is 0. The Hall–Kier alpha value is -2.51. The Morgan fingerprint density at radius 1 is 1.09 bits per heavy atom. The van der Waals surface area contributed by atoms with Crippen LogP contribution in [0.15, 0.2) is 70.3 Å². The minimum atomic E-state index is -3.69. The number of pyridine rings is 1. The van der Waals surface area contributed by atoms with Crippen LogP contribution in [0, 0.1) is 5.82 Å². The lowest BCUT2D eigenvalue weighted by molar-refractivity contribution is 0.578. The summed E-state index contributed by atoms with van der Waals surface area (Å²) >= 11 is 0. The number of rotatable bonds is 5. The van der Waals surface area contributed by atoms with E-state index < -0.39 is 15.8 Å². The first-order valence-electron chi connectivity index (χ1n) is 6.79. The Morgan fingerprint density at radius 2 is 1.87 bits per heavy atom. The molecule has 23 heavy (non-hydrogen) atoms. The highest BCUT2D eigenvalue weighted by Crippen LogP contribution is 2.17. The van der Waals surface area contributed by atoms with E-state index in [1.807, 2.05) is 0 Å². The van der Waals surface area contributed by atoms with Gasteiger partial charge in [0.1, 0.15) is 11.5 Å². The molecule has 0 saturated carbocycles. The van der Waals surface area contributed by atoms with Gasteiger partial charge in [0.25, 0.3) is 0 Å². The highest BCUT2D eigenvalue weighted by molar-refractivity contribution is 7.89. The van der Waals surface area contributed by atoms with E-state index in [1.165, 1.54) is 12.1 Å². The second-order valence-electron chi connectivity index (χ2n) is 4.81. The first-order chi connectivity index (χ1) is 11.0. The van der Waals surface area contributed by atoms with E-state index >= 15 is 0 Å². The maximum atomic E-state index is 12.8. The molecule has 0 saturated heterocycles. The van der Waals surface area contributed by atoms with E-state index in [2.05, 4.69) is 9.71 Å². The third-order valence-electron chi connectivity index (χ3n) is 3.19. The summed E-state index contributed by atoms with van der Waals surface area (Å²) in [6.45, 7) is 0.0884. The van der Waals surface area contributed by atoms with E-state index in [9.17, 15) is 12.8 Å². The normalized spacial score (nSPS) is 11.5. The van der Waals surface area contributed by atoms with E-state index in [1.54, 1.807) is 36.7 Å². The molecular formula is C16H13FN2O3S. The highest BCUT2D eigenvalue weighted by atomic mass is 32.2. The smallest absolute Gasteiger partial charge is 0.240 e. The Balaban J connectivity index is 1.69. The number of benzene rings is 1. The standard InChI is InChI=1S/C16H13FN2O3S/c17-13-4-6-14(7-5-13)23(20,21)19-11-12-3-8-15(18-10-12)16-2-1-9-22-16/h1-10,19H,11H2. The van der Waals surface area contributed by atoms with E-state index in [0.717, 1.165) is 12.1 Å². The fourth-order valence-electron chi connectivity index (χ4n) is 1.97. The second kappa shape index (κ2) is 6.31. The minimum Gasteiger partial charge on any atom is -0.463 e. The maximum Gasteiger partial charge on any atom is 0.240 e. The molecule has 0 atom stereocenters. The van der Waals surface area contributed by atoms with Crippen LogP contribution in [-0.4, -0.2) is 13.4 Å². The van der Waals surface area contributed by atoms with Gasteiger partial charge >= 0.3 is 0 Å². The topological polar surface area (TPSA) is 72.2 Å². The Kier molecular flexibility index (Phi) is 4.22. The molecule has 0 aliphatic heterocycles. The quantitative estimate of drug-likeness (QED) is 0.780. The van der Waals surface area contributed by atoms with Gasteiger partial charge in [-0.2, -0.15) is 0 Å². The van der Waals surface area contributed by atoms with Crippen LogP contribution in [0.3, 0.4) is 0 Å². The van der Waals surface area contributed by atoms with Crippen molar-refractivity contribution >= 4 is 10.0 Å². The molecule has 0 aliphatic carbocycles. The van der Waals surface area contributed by atoms with Gasteiger partial charge in [0, 0.05) is 12.7 Å². The Labute approximate surface area is 132 Å². The molecule has 1 aromatic carbocycles. The second-order valence-corrected chi connectivity index (χ2v) is 6.57. The summed E-state index contributed by atoms with van der Waals surface area (Å²) in [4.78, 5) is 4.24. The zero-order valence-electron chi connectivity index (χ0n) is 11.9. The molecule has 0 aliphatic rings. The van der Waals surface area contributed by atoms with Crippen LogP contribution in [0.2, 0.25) is 0 Å². The van der Waals surface area contributed by atoms with Crippen molar-refractivity contribution < 1.29 is 17.2 Å². The third kappa shape index (κ3) is 3.64. The summed E-state index contributed by atoms with van der Waals surface area (Å²) in [6, 6.07) is 11.7. The molecule has 0 amide bonds. The number of aromatic nitrogens is 1. The Morgan fingerprint density at radius 3 is 2.48 bits per heavy atom. The van der Waals surface area contributed by atoms with Gasteiger partial charge in [0.15, 0.2) is 5.76 Å². The largest absolute Gasteiger partial charge is 0.463 e. The van der Waals surface area contributed by atoms with Crippen molar-refractivity contribution in [1.82, 2.24) is 9.71 Å². The number of sulfonamides is 1. The number of hydrogen-bond donors (Lipinski definition) is 1. The third-order valence-corrected chi connectivity index (χ3v) is 4.61. The fourth-order valence-corrected chi connectivity index (χ4v) is 2.99. The summed E-state index contributed by atoms with van der Waals surface area (Å²) < 4.78 is 44.7. The number of halogens is 1. The molecule has 0 unspecified atom stereocenters. The molecule has 0 radical (unpaired) electrons. The van der Waals surface area contributed by atoms with Crippen molar-refractivity contribution in [2.75, 3.05) is 0 Å². The van der Waals surface area contributed by atoms with Crippen LogP contribution in [-0.2, 0) is 16.6 Å². The highest BCUT2D eigenvalue weighted by Gasteiger charge is 2.13. The van der Waals surface area contributed by atoms with Gasteiger partial charge < -0.3 is 4.42 Å².